The molecule has 0 bridgehead atoms. The summed E-state index contributed by atoms with van der Waals surface area (Å²) < 4.78 is 0. The Hall–Kier alpha value is -1.85. The maximum Gasteiger partial charge on any atom is 0.270 e. The van der Waals surface area contributed by atoms with E-state index >= 15 is 0 Å². The molecule has 1 aliphatic heterocycles. The number of amides is 1. The number of fused-ring (bicyclic) bond motifs is 1. The number of aromatic nitrogens is 1. The van der Waals surface area contributed by atoms with Crippen LogP contribution in [0.4, 0.5) is 0 Å². The minimum Gasteiger partial charge on any atom is -0.351 e. The first-order chi connectivity index (χ1) is 11.7. The number of rotatable bonds is 6. The number of likely N-dealkylation sites (N-methyl/N-ethyl adjacent to an activating group) is 1. The Morgan fingerprint density at radius 1 is 1.12 bits per heavy atom. The van der Waals surface area contributed by atoms with Crippen LogP contribution in [-0.2, 0) is 0 Å². The van der Waals surface area contributed by atoms with Crippen molar-refractivity contribution in [1.82, 2.24) is 19.7 Å². The van der Waals surface area contributed by atoms with Gasteiger partial charge in [-0.25, -0.2) is 0 Å². The molecule has 1 aliphatic rings. The maximum absolute atomic E-state index is 12.7. The summed E-state index contributed by atoms with van der Waals surface area (Å²) in [5.74, 6) is 0.120. The molecule has 0 unspecified atom stereocenters. The smallest absolute Gasteiger partial charge is 0.270 e. The fourth-order valence-corrected chi connectivity index (χ4v) is 3.36. The van der Waals surface area contributed by atoms with Crippen LogP contribution < -0.4 is 0 Å². The molecule has 2 heterocycles. The zero-order valence-electron chi connectivity index (χ0n) is 14.8. The highest BCUT2D eigenvalue weighted by Gasteiger charge is 2.23. The molecule has 1 aromatic carbocycles. The molecule has 1 amide bonds. The number of nitrogens with one attached hydrogen (secondary N) is 1. The number of hydrogen-bond acceptors (Lipinski definition) is 3. The lowest BCUT2D eigenvalue weighted by Crippen LogP contribution is -2.50. The first-order valence-electron chi connectivity index (χ1n) is 9.03. The maximum atomic E-state index is 12.7. The first-order valence-corrected chi connectivity index (χ1v) is 9.03. The van der Waals surface area contributed by atoms with Crippen molar-refractivity contribution in [2.24, 2.45) is 0 Å². The van der Waals surface area contributed by atoms with E-state index in [4.69, 9.17) is 0 Å². The van der Waals surface area contributed by atoms with Gasteiger partial charge < -0.3 is 14.8 Å². The Bertz CT molecular complexity index is 636. The molecule has 2 aromatic rings. The van der Waals surface area contributed by atoms with Crippen molar-refractivity contribution in [3.63, 3.8) is 0 Å². The van der Waals surface area contributed by atoms with Crippen molar-refractivity contribution in [3.8, 4) is 0 Å². The molecule has 0 saturated carbocycles. The SMILES string of the molecule is CCN(CC)CCN1CCN(C(=O)c2cc3ccccc3[nH]2)CC1. The molecule has 0 aliphatic carbocycles. The van der Waals surface area contributed by atoms with Gasteiger partial charge in [0.25, 0.3) is 5.91 Å². The Kier molecular flexibility index (Phi) is 5.53. The van der Waals surface area contributed by atoms with Crippen LogP contribution in [0.15, 0.2) is 30.3 Å². The normalized spacial score (nSPS) is 16.2. The number of carbonyl (C=O) groups excluding carboxylic acids is 1. The van der Waals surface area contributed by atoms with Crippen LogP contribution >= 0.6 is 0 Å². The highest BCUT2D eigenvalue weighted by atomic mass is 16.2. The second-order valence-electron chi connectivity index (χ2n) is 6.43. The average Bonchev–Trinajstić information content (AvgIpc) is 3.06. The van der Waals surface area contributed by atoms with Crippen LogP contribution in [-0.4, -0.2) is 77.9 Å². The molecule has 1 saturated heterocycles. The van der Waals surface area contributed by atoms with Gasteiger partial charge in [-0.3, -0.25) is 9.69 Å². The van der Waals surface area contributed by atoms with Crippen molar-refractivity contribution >= 4 is 16.8 Å². The second-order valence-corrected chi connectivity index (χ2v) is 6.43. The number of benzene rings is 1. The Morgan fingerprint density at radius 2 is 1.83 bits per heavy atom. The predicted octanol–water partition coefficient (Wildman–Crippen LogP) is 2.27. The van der Waals surface area contributed by atoms with Gasteiger partial charge in [0.15, 0.2) is 0 Å². The molecule has 24 heavy (non-hydrogen) atoms. The van der Waals surface area contributed by atoms with E-state index in [1.807, 2.05) is 35.2 Å². The highest BCUT2D eigenvalue weighted by Crippen LogP contribution is 2.16. The Labute approximate surface area is 144 Å². The Balaban J connectivity index is 1.53. The fourth-order valence-electron chi connectivity index (χ4n) is 3.36. The minimum atomic E-state index is 0.120. The first kappa shape index (κ1) is 17.0. The lowest BCUT2D eigenvalue weighted by molar-refractivity contribution is 0.0620. The van der Waals surface area contributed by atoms with Crippen molar-refractivity contribution in [3.05, 3.63) is 36.0 Å². The second kappa shape index (κ2) is 7.81. The molecule has 5 nitrogen and oxygen atoms in total. The van der Waals surface area contributed by atoms with Gasteiger partial charge in [0.2, 0.25) is 0 Å². The van der Waals surface area contributed by atoms with Gasteiger partial charge >= 0.3 is 0 Å². The number of nitrogens with zero attached hydrogens (tertiary/aromatic N) is 3. The highest BCUT2D eigenvalue weighted by molar-refractivity contribution is 5.98. The molecular formula is C19H28N4O. The number of para-hydroxylation sites is 1. The van der Waals surface area contributed by atoms with Crippen LogP contribution in [0, 0.1) is 0 Å². The van der Waals surface area contributed by atoms with E-state index in [0.29, 0.717) is 5.69 Å². The summed E-state index contributed by atoms with van der Waals surface area (Å²) in [4.78, 5) is 22.8. The standard InChI is InChI=1S/C19H28N4O/c1-3-21(4-2)9-10-22-11-13-23(14-12-22)19(24)18-15-16-7-5-6-8-17(16)20-18/h5-8,15,20H,3-4,9-14H2,1-2H3. The van der Waals surface area contributed by atoms with Gasteiger partial charge in [0, 0.05) is 50.2 Å². The summed E-state index contributed by atoms with van der Waals surface area (Å²) >= 11 is 0. The summed E-state index contributed by atoms with van der Waals surface area (Å²) in [5, 5.41) is 1.10. The van der Waals surface area contributed by atoms with Crippen LogP contribution in [0.3, 0.4) is 0 Å². The molecule has 1 aromatic heterocycles. The van der Waals surface area contributed by atoms with E-state index in [-0.39, 0.29) is 5.91 Å². The van der Waals surface area contributed by atoms with Gasteiger partial charge in [-0.2, -0.15) is 0 Å². The molecule has 130 valence electrons. The summed E-state index contributed by atoms with van der Waals surface area (Å²) in [7, 11) is 0. The molecule has 0 radical (unpaired) electrons. The van der Waals surface area contributed by atoms with Crippen LogP contribution in [0.25, 0.3) is 10.9 Å². The number of aromatic amines is 1. The summed E-state index contributed by atoms with van der Waals surface area (Å²) in [5.41, 5.74) is 1.73. The quantitative estimate of drug-likeness (QED) is 0.884. The van der Waals surface area contributed by atoms with Gasteiger partial charge in [-0.1, -0.05) is 32.0 Å². The van der Waals surface area contributed by atoms with Gasteiger partial charge in [0.1, 0.15) is 5.69 Å². The van der Waals surface area contributed by atoms with Crippen LogP contribution in [0.5, 0.6) is 0 Å². The van der Waals surface area contributed by atoms with E-state index < -0.39 is 0 Å². The lowest BCUT2D eigenvalue weighted by Gasteiger charge is -2.35. The van der Waals surface area contributed by atoms with E-state index in [1.54, 1.807) is 0 Å². The molecule has 0 spiro atoms. The Morgan fingerprint density at radius 3 is 2.50 bits per heavy atom. The number of H-pyrrole nitrogens is 1. The third-order valence-corrected chi connectivity index (χ3v) is 5.05. The van der Waals surface area contributed by atoms with Crippen molar-refractivity contribution in [2.75, 3.05) is 52.4 Å². The van der Waals surface area contributed by atoms with E-state index in [9.17, 15) is 4.79 Å². The van der Waals surface area contributed by atoms with E-state index in [2.05, 4.69) is 28.6 Å². The molecule has 5 heteroatoms. The van der Waals surface area contributed by atoms with Crippen LogP contribution in [0.1, 0.15) is 24.3 Å². The summed E-state index contributed by atoms with van der Waals surface area (Å²) in [6, 6.07) is 10.00. The minimum absolute atomic E-state index is 0.120. The van der Waals surface area contributed by atoms with E-state index in [1.165, 1.54) is 0 Å². The zero-order chi connectivity index (χ0) is 16.9. The molecule has 3 rings (SSSR count). The molecule has 0 atom stereocenters. The van der Waals surface area contributed by atoms with Gasteiger partial charge in [0.05, 0.1) is 0 Å². The van der Waals surface area contributed by atoms with Crippen molar-refractivity contribution in [1.29, 1.82) is 0 Å². The number of carbonyl (C=O) groups is 1. The predicted molar refractivity (Wildman–Crippen MR) is 98.4 cm³/mol. The third kappa shape index (κ3) is 3.79. The molecule has 1 N–H and O–H groups in total. The lowest BCUT2D eigenvalue weighted by atomic mass is 10.2. The third-order valence-electron chi connectivity index (χ3n) is 5.05. The molecule has 1 fully saturated rings. The molecular weight excluding hydrogens is 300 g/mol. The average molecular weight is 328 g/mol. The fraction of sp³-hybridized carbons (Fsp3) is 0.526. The zero-order valence-corrected chi connectivity index (χ0v) is 14.8. The topological polar surface area (TPSA) is 42.6 Å². The summed E-state index contributed by atoms with van der Waals surface area (Å²) in [6.07, 6.45) is 0. The number of piperazine rings is 1. The van der Waals surface area contributed by atoms with Gasteiger partial charge in [-0.15, -0.1) is 0 Å². The van der Waals surface area contributed by atoms with Gasteiger partial charge in [-0.05, 0) is 25.2 Å². The van der Waals surface area contributed by atoms with Crippen molar-refractivity contribution in [2.45, 2.75) is 13.8 Å². The number of hydrogen-bond donors (Lipinski definition) is 1. The van der Waals surface area contributed by atoms with Crippen molar-refractivity contribution < 1.29 is 4.79 Å². The van der Waals surface area contributed by atoms with Crippen LogP contribution in [0.2, 0.25) is 0 Å². The monoisotopic (exact) mass is 328 g/mol. The van der Waals surface area contributed by atoms with E-state index in [0.717, 1.165) is 63.3 Å². The summed E-state index contributed by atoms with van der Waals surface area (Å²) in [6.45, 7) is 12.4. The largest absolute Gasteiger partial charge is 0.351 e.